The van der Waals surface area contributed by atoms with Crippen molar-refractivity contribution in [1.82, 2.24) is 9.88 Å². The smallest absolute Gasteiger partial charge is 0.254 e. The minimum absolute atomic E-state index is 0.0135. The van der Waals surface area contributed by atoms with Crippen LogP contribution in [0.15, 0.2) is 48.8 Å². The summed E-state index contributed by atoms with van der Waals surface area (Å²) >= 11 is 0. The molecule has 0 bridgehead atoms. The number of ether oxygens (including phenoxy) is 1. The molecule has 1 atom stereocenters. The first-order chi connectivity index (χ1) is 9.74. The third-order valence-electron chi connectivity index (χ3n) is 3.35. The third-order valence-corrected chi connectivity index (χ3v) is 3.35. The lowest BCUT2D eigenvalue weighted by Crippen LogP contribution is -2.36. The van der Waals surface area contributed by atoms with Crippen molar-refractivity contribution in [3.8, 4) is 5.75 Å². The average Bonchev–Trinajstić information content (AvgIpc) is 2.65. The van der Waals surface area contributed by atoms with Gasteiger partial charge < -0.3 is 9.64 Å². The minimum Gasteiger partial charge on any atom is -0.489 e. The molecule has 3 rings (SSSR count). The van der Waals surface area contributed by atoms with Crippen LogP contribution in [-0.4, -0.2) is 28.4 Å². The van der Waals surface area contributed by atoms with E-state index in [1.807, 2.05) is 36.1 Å². The van der Waals surface area contributed by atoms with E-state index in [9.17, 15) is 4.79 Å². The molecule has 0 saturated heterocycles. The van der Waals surface area contributed by atoms with Gasteiger partial charge >= 0.3 is 0 Å². The molecule has 1 unspecified atom stereocenters. The highest BCUT2D eigenvalue weighted by atomic mass is 16.5. The summed E-state index contributed by atoms with van der Waals surface area (Å²) in [6.07, 6.45) is 3.25. The summed E-state index contributed by atoms with van der Waals surface area (Å²) < 4.78 is 5.87. The first kappa shape index (κ1) is 12.7. The largest absolute Gasteiger partial charge is 0.489 e. The molecule has 1 aromatic heterocycles. The lowest BCUT2D eigenvalue weighted by Gasteiger charge is -2.22. The predicted octanol–water partition coefficient (Wildman–Crippen LogP) is 2.50. The number of pyridine rings is 1. The van der Waals surface area contributed by atoms with E-state index < -0.39 is 0 Å². The van der Waals surface area contributed by atoms with Gasteiger partial charge in [-0.1, -0.05) is 18.2 Å². The van der Waals surface area contributed by atoms with Crippen molar-refractivity contribution in [3.05, 3.63) is 59.9 Å². The second-order valence-electron chi connectivity index (χ2n) is 4.96. The van der Waals surface area contributed by atoms with Gasteiger partial charge in [-0.15, -0.1) is 0 Å². The zero-order valence-corrected chi connectivity index (χ0v) is 11.3. The van der Waals surface area contributed by atoms with Gasteiger partial charge in [-0.3, -0.25) is 9.78 Å². The van der Waals surface area contributed by atoms with Gasteiger partial charge in [0.1, 0.15) is 11.9 Å². The Labute approximate surface area is 118 Å². The van der Waals surface area contributed by atoms with E-state index in [-0.39, 0.29) is 12.0 Å². The van der Waals surface area contributed by atoms with Crippen LogP contribution in [0.25, 0.3) is 0 Å². The summed E-state index contributed by atoms with van der Waals surface area (Å²) in [5, 5.41) is 0. The highest BCUT2D eigenvalue weighted by Crippen LogP contribution is 2.25. The molecule has 0 fully saturated rings. The molecule has 102 valence electrons. The Morgan fingerprint density at radius 2 is 2.00 bits per heavy atom. The van der Waals surface area contributed by atoms with E-state index in [0.717, 1.165) is 11.3 Å². The number of amides is 1. The first-order valence-electron chi connectivity index (χ1n) is 6.68. The molecule has 1 aromatic carbocycles. The molecule has 1 aliphatic heterocycles. The van der Waals surface area contributed by atoms with E-state index >= 15 is 0 Å². The number of carbonyl (C=O) groups excluding carboxylic acids is 1. The van der Waals surface area contributed by atoms with Crippen molar-refractivity contribution >= 4 is 5.91 Å². The number of para-hydroxylation sites is 1. The number of carbonyl (C=O) groups is 1. The van der Waals surface area contributed by atoms with Crippen molar-refractivity contribution in [1.29, 1.82) is 0 Å². The van der Waals surface area contributed by atoms with Crippen LogP contribution in [-0.2, 0) is 6.54 Å². The molecule has 1 amide bonds. The van der Waals surface area contributed by atoms with Crippen LogP contribution in [0.3, 0.4) is 0 Å². The van der Waals surface area contributed by atoms with Gasteiger partial charge in [0.2, 0.25) is 0 Å². The van der Waals surface area contributed by atoms with Gasteiger partial charge in [-0.25, -0.2) is 0 Å². The minimum atomic E-state index is -0.0237. The van der Waals surface area contributed by atoms with Crippen molar-refractivity contribution in [2.45, 2.75) is 19.6 Å². The number of rotatable bonds is 1. The topological polar surface area (TPSA) is 42.4 Å². The van der Waals surface area contributed by atoms with E-state index in [4.69, 9.17) is 4.74 Å². The summed E-state index contributed by atoms with van der Waals surface area (Å²) in [6, 6.07) is 11.3. The predicted molar refractivity (Wildman–Crippen MR) is 75.5 cm³/mol. The monoisotopic (exact) mass is 268 g/mol. The fourth-order valence-corrected chi connectivity index (χ4v) is 2.42. The molecular formula is C16H16N2O2. The van der Waals surface area contributed by atoms with Gasteiger partial charge in [0.15, 0.2) is 0 Å². The van der Waals surface area contributed by atoms with Gasteiger partial charge in [0.05, 0.1) is 6.54 Å². The van der Waals surface area contributed by atoms with Crippen molar-refractivity contribution < 1.29 is 9.53 Å². The summed E-state index contributed by atoms with van der Waals surface area (Å²) in [5.41, 5.74) is 1.70. The SMILES string of the molecule is CC1CN(C(=O)c2ccncc2)Cc2ccccc2O1. The zero-order valence-electron chi connectivity index (χ0n) is 11.3. The van der Waals surface area contributed by atoms with Crippen LogP contribution in [0, 0.1) is 0 Å². The van der Waals surface area contributed by atoms with Crippen molar-refractivity contribution in [2.75, 3.05) is 6.54 Å². The first-order valence-corrected chi connectivity index (χ1v) is 6.68. The summed E-state index contributed by atoms with van der Waals surface area (Å²) in [5.74, 6) is 0.879. The van der Waals surface area contributed by atoms with E-state index in [1.54, 1.807) is 24.5 Å². The van der Waals surface area contributed by atoms with Crippen LogP contribution < -0.4 is 4.74 Å². The van der Waals surface area contributed by atoms with E-state index in [2.05, 4.69) is 4.98 Å². The van der Waals surface area contributed by atoms with Crippen LogP contribution in [0.1, 0.15) is 22.8 Å². The summed E-state index contributed by atoms with van der Waals surface area (Å²) in [6.45, 7) is 3.13. The second-order valence-corrected chi connectivity index (χ2v) is 4.96. The Morgan fingerprint density at radius 1 is 1.25 bits per heavy atom. The van der Waals surface area contributed by atoms with Gasteiger partial charge in [0.25, 0.3) is 5.91 Å². The van der Waals surface area contributed by atoms with Gasteiger partial charge in [0, 0.05) is 30.1 Å². The summed E-state index contributed by atoms with van der Waals surface area (Å²) in [7, 11) is 0. The highest BCUT2D eigenvalue weighted by molar-refractivity contribution is 5.94. The Hall–Kier alpha value is -2.36. The maximum atomic E-state index is 12.6. The number of benzene rings is 1. The fraction of sp³-hybridized carbons (Fsp3) is 0.250. The molecule has 0 radical (unpaired) electrons. The average molecular weight is 268 g/mol. The van der Waals surface area contributed by atoms with Gasteiger partial charge in [-0.2, -0.15) is 0 Å². The number of hydrogen-bond donors (Lipinski definition) is 0. The standard InChI is InChI=1S/C16H16N2O2/c1-12-10-18(16(19)13-6-8-17-9-7-13)11-14-4-2-3-5-15(14)20-12/h2-9,12H,10-11H2,1H3. The fourth-order valence-electron chi connectivity index (χ4n) is 2.42. The lowest BCUT2D eigenvalue weighted by molar-refractivity contribution is 0.0690. The molecule has 0 saturated carbocycles. The molecule has 0 N–H and O–H groups in total. The molecular weight excluding hydrogens is 252 g/mol. The van der Waals surface area contributed by atoms with Crippen LogP contribution in [0.4, 0.5) is 0 Å². The van der Waals surface area contributed by atoms with Crippen molar-refractivity contribution in [3.63, 3.8) is 0 Å². The van der Waals surface area contributed by atoms with E-state index in [0.29, 0.717) is 18.7 Å². The number of hydrogen-bond acceptors (Lipinski definition) is 3. The van der Waals surface area contributed by atoms with E-state index in [1.165, 1.54) is 0 Å². The highest BCUT2D eigenvalue weighted by Gasteiger charge is 2.24. The molecule has 0 aliphatic carbocycles. The lowest BCUT2D eigenvalue weighted by atomic mass is 10.1. The normalized spacial score (nSPS) is 17.9. The van der Waals surface area contributed by atoms with Gasteiger partial charge in [-0.05, 0) is 25.1 Å². The number of nitrogens with zero attached hydrogens (tertiary/aromatic N) is 2. The molecule has 1 aliphatic rings. The maximum Gasteiger partial charge on any atom is 0.254 e. The van der Waals surface area contributed by atoms with Crippen LogP contribution in [0.2, 0.25) is 0 Å². The molecule has 2 aromatic rings. The van der Waals surface area contributed by atoms with Crippen LogP contribution >= 0.6 is 0 Å². The Morgan fingerprint density at radius 3 is 2.80 bits per heavy atom. The Kier molecular flexibility index (Phi) is 3.37. The molecule has 20 heavy (non-hydrogen) atoms. The number of fused-ring (bicyclic) bond motifs is 1. The summed E-state index contributed by atoms with van der Waals surface area (Å²) in [4.78, 5) is 18.3. The van der Waals surface area contributed by atoms with Crippen molar-refractivity contribution in [2.24, 2.45) is 0 Å². The Bertz CT molecular complexity index is 613. The molecule has 4 nitrogen and oxygen atoms in total. The maximum absolute atomic E-state index is 12.6. The third kappa shape index (κ3) is 2.50. The molecule has 0 spiro atoms. The zero-order chi connectivity index (χ0) is 13.9. The molecule has 4 heteroatoms. The molecule has 2 heterocycles. The quantitative estimate of drug-likeness (QED) is 0.798. The number of aromatic nitrogens is 1. The second kappa shape index (κ2) is 5.33. The van der Waals surface area contributed by atoms with Crippen LogP contribution in [0.5, 0.6) is 5.75 Å². The Balaban J connectivity index is 1.89.